The molecule has 0 rings (SSSR count). The highest BCUT2D eigenvalue weighted by Crippen LogP contribution is 2.22. The Morgan fingerprint density at radius 2 is 1.93 bits per heavy atom. The topological polar surface area (TPSA) is 34.1 Å². The lowest BCUT2D eigenvalue weighted by Crippen LogP contribution is -2.07. The predicted octanol–water partition coefficient (Wildman–Crippen LogP) is 3.16. The van der Waals surface area contributed by atoms with E-state index in [0.717, 1.165) is 24.7 Å². The van der Waals surface area contributed by atoms with Crippen LogP contribution in [0.2, 0.25) is 0 Å². The van der Waals surface area contributed by atoms with E-state index in [1.54, 1.807) is 6.92 Å². The number of hydrogen-bond acceptors (Lipinski definition) is 2. The van der Waals surface area contributed by atoms with Crippen molar-refractivity contribution >= 4 is 12.1 Å². The zero-order valence-corrected chi connectivity index (χ0v) is 10.1. The summed E-state index contributed by atoms with van der Waals surface area (Å²) in [6.07, 6.45) is 4.11. The third-order valence-corrected chi connectivity index (χ3v) is 2.72. The number of allylic oxidation sites excluding steroid dienone is 1. The van der Waals surface area contributed by atoms with Gasteiger partial charge in [-0.1, -0.05) is 19.1 Å². The number of ketones is 1. The van der Waals surface area contributed by atoms with Crippen LogP contribution in [0.1, 0.15) is 46.5 Å². The lowest BCUT2D eigenvalue weighted by molar-refractivity contribution is -0.117. The first-order valence-electron chi connectivity index (χ1n) is 5.55. The average Bonchev–Trinajstić information content (AvgIpc) is 2.10. The maximum absolute atomic E-state index is 10.9. The molecule has 0 N–H and O–H groups in total. The first-order valence-corrected chi connectivity index (χ1v) is 5.55. The highest BCUT2D eigenvalue weighted by molar-refractivity contribution is 5.75. The molecule has 0 heterocycles. The van der Waals surface area contributed by atoms with Crippen molar-refractivity contribution in [2.75, 3.05) is 0 Å². The Balaban J connectivity index is 3.93. The molecule has 2 heteroatoms. The fourth-order valence-electron chi connectivity index (χ4n) is 1.76. The molecule has 0 aromatic carbocycles. The molecule has 2 unspecified atom stereocenters. The predicted molar refractivity (Wildman–Crippen MR) is 62.7 cm³/mol. The van der Waals surface area contributed by atoms with Gasteiger partial charge in [0.2, 0.25) is 0 Å². The van der Waals surface area contributed by atoms with Crippen molar-refractivity contribution in [1.82, 2.24) is 0 Å². The molecule has 2 nitrogen and oxygen atoms in total. The summed E-state index contributed by atoms with van der Waals surface area (Å²) in [6.45, 7) is 9.55. The molecule has 0 fully saturated rings. The van der Waals surface area contributed by atoms with Crippen molar-refractivity contribution in [3.05, 3.63) is 12.2 Å². The number of rotatable bonds is 8. The third-order valence-electron chi connectivity index (χ3n) is 2.72. The number of carbonyl (C=O) groups excluding carboxylic acids is 2. The van der Waals surface area contributed by atoms with E-state index in [2.05, 4.69) is 13.5 Å². The van der Waals surface area contributed by atoms with E-state index in [-0.39, 0.29) is 11.7 Å². The molecule has 0 bridgehead atoms. The summed E-state index contributed by atoms with van der Waals surface area (Å²) in [7, 11) is 0. The van der Waals surface area contributed by atoms with Crippen LogP contribution in [0.25, 0.3) is 0 Å². The van der Waals surface area contributed by atoms with Gasteiger partial charge in [0.25, 0.3) is 0 Å². The minimum absolute atomic E-state index is 0.241. The molecule has 0 saturated heterocycles. The monoisotopic (exact) mass is 210 g/mol. The minimum atomic E-state index is 0.241. The van der Waals surface area contributed by atoms with Crippen LogP contribution in [0.5, 0.6) is 0 Å². The molecule has 0 aromatic heterocycles. The zero-order chi connectivity index (χ0) is 11.8. The zero-order valence-electron chi connectivity index (χ0n) is 10.1. The molecule has 2 atom stereocenters. The van der Waals surface area contributed by atoms with E-state index in [1.165, 1.54) is 0 Å². The van der Waals surface area contributed by atoms with Gasteiger partial charge in [-0.2, -0.15) is 0 Å². The van der Waals surface area contributed by atoms with Crippen LogP contribution in [0.3, 0.4) is 0 Å². The number of carbonyl (C=O) groups is 2. The van der Waals surface area contributed by atoms with Gasteiger partial charge in [-0.15, -0.1) is 0 Å². The van der Waals surface area contributed by atoms with Crippen LogP contribution in [0.15, 0.2) is 12.2 Å². The Kier molecular flexibility index (Phi) is 6.93. The lowest BCUT2D eigenvalue weighted by Gasteiger charge is -2.16. The van der Waals surface area contributed by atoms with E-state index in [4.69, 9.17) is 0 Å². The van der Waals surface area contributed by atoms with Crippen LogP contribution >= 0.6 is 0 Å². The molecule has 0 spiro atoms. The van der Waals surface area contributed by atoms with Gasteiger partial charge in [0.15, 0.2) is 0 Å². The van der Waals surface area contributed by atoms with Crippen LogP contribution in [-0.2, 0) is 9.59 Å². The SMILES string of the molecule is C=C(C)C(CC=O)CCC(C)CC(C)=O. The second-order valence-electron chi connectivity index (χ2n) is 4.53. The number of hydrogen-bond donors (Lipinski definition) is 0. The summed E-state index contributed by atoms with van der Waals surface area (Å²) in [4.78, 5) is 21.3. The maximum Gasteiger partial charge on any atom is 0.130 e. The second-order valence-corrected chi connectivity index (χ2v) is 4.53. The van der Waals surface area contributed by atoms with Crippen LogP contribution in [0.4, 0.5) is 0 Å². The quantitative estimate of drug-likeness (QED) is 0.455. The molecular weight excluding hydrogens is 188 g/mol. The molecular formula is C13H22O2. The van der Waals surface area contributed by atoms with Crippen LogP contribution in [0, 0.1) is 11.8 Å². The molecule has 86 valence electrons. The Labute approximate surface area is 92.8 Å². The van der Waals surface area contributed by atoms with Gasteiger partial charge in [0, 0.05) is 12.8 Å². The van der Waals surface area contributed by atoms with Gasteiger partial charge in [0.1, 0.15) is 12.1 Å². The van der Waals surface area contributed by atoms with Crippen LogP contribution < -0.4 is 0 Å². The first-order chi connectivity index (χ1) is 6.97. The summed E-state index contributed by atoms with van der Waals surface area (Å²) in [6, 6.07) is 0. The van der Waals surface area contributed by atoms with Gasteiger partial charge in [-0.05, 0) is 38.5 Å². The number of aldehydes is 1. The third kappa shape index (κ3) is 7.06. The van der Waals surface area contributed by atoms with Crippen molar-refractivity contribution < 1.29 is 9.59 Å². The van der Waals surface area contributed by atoms with E-state index in [1.807, 2.05) is 6.92 Å². The first kappa shape index (κ1) is 14.1. The second kappa shape index (κ2) is 7.38. The van der Waals surface area contributed by atoms with Crippen molar-refractivity contribution in [3.8, 4) is 0 Å². The van der Waals surface area contributed by atoms with Gasteiger partial charge in [0.05, 0.1) is 0 Å². The lowest BCUT2D eigenvalue weighted by atomic mass is 9.89. The van der Waals surface area contributed by atoms with Gasteiger partial charge < -0.3 is 9.59 Å². The van der Waals surface area contributed by atoms with Crippen molar-refractivity contribution in [2.24, 2.45) is 11.8 Å². The van der Waals surface area contributed by atoms with E-state index in [0.29, 0.717) is 18.8 Å². The molecule has 0 amide bonds. The molecule has 0 aromatic rings. The molecule has 0 saturated carbocycles. The smallest absolute Gasteiger partial charge is 0.130 e. The largest absolute Gasteiger partial charge is 0.303 e. The van der Waals surface area contributed by atoms with Gasteiger partial charge in [-0.3, -0.25) is 0 Å². The fraction of sp³-hybridized carbons (Fsp3) is 0.692. The highest BCUT2D eigenvalue weighted by atomic mass is 16.1. The Morgan fingerprint density at radius 1 is 1.33 bits per heavy atom. The summed E-state index contributed by atoms with van der Waals surface area (Å²) in [5, 5.41) is 0. The minimum Gasteiger partial charge on any atom is -0.303 e. The Hall–Kier alpha value is -0.920. The Morgan fingerprint density at radius 3 is 2.33 bits per heavy atom. The molecule has 15 heavy (non-hydrogen) atoms. The van der Waals surface area contributed by atoms with E-state index in [9.17, 15) is 9.59 Å². The van der Waals surface area contributed by atoms with Crippen molar-refractivity contribution in [3.63, 3.8) is 0 Å². The van der Waals surface area contributed by atoms with Crippen LogP contribution in [-0.4, -0.2) is 12.1 Å². The van der Waals surface area contributed by atoms with Gasteiger partial charge in [-0.25, -0.2) is 0 Å². The molecule has 0 aliphatic carbocycles. The average molecular weight is 210 g/mol. The van der Waals surface area contributed by atoms with Gasteiger partial charge >= 0.3 is 0 Å². The van der Waals surface area contributed by atoms with Crippen molar-refractivity contribution in [1.29, 1.82) is 0 Å². The fourth-order valence-corrected chi connectivity index (χ4v) is 1.76. The molecule has 0 radical (unpaired) electrons. The Bertz CT molecular complexity index is 231. The number of Topliss-reactive ketones (excluding diaryl/α,β-unsaturated/α-hetero) is 1. The van der Waals surface area contributed by atoms with E-state index < -0.39 is 0 Å². The normalized spacial score (nSPS) is 14.3. The summed E-state index contributed by atoms with van der Waals surface area (Å²) >= 11 is 0. The summed E-state index contributed by atoms with van der Waals surface area (Å²) in [5.41, 5.74) is 1.07. The van der Waals surface area contributed by atoms with E-state index >= 15 is 0 Å². The maximum atomic E-state index is 10.9. The molecule has 0 aliphatic rings. The summed E-state index contributed by atoms with van der Waals surface area (Å²) in [5.74, 6) is 0.942. The standard InChI is InChI=1S/C13H22O2/c1-10(2)13(7-8-14)6-5-11(3)9-12(4)15/h8,11,13H,1,5-7,9H2,2-4H3. The molecule has 0 aliphatic heterocycles. The highest BCUT2D eigenvalue weighted by Gasteiger charge is 2.12. The summed E-state index contributed by atoms with van der Waals surface area (Å²) < 4.78 is 0. The van der Waals surface area contributed by atoms with Crippen molar-refractivity contribution in [2.45, 2.75) is 46.5 Å².